The van der Waals surface area contributed by atoms with Crippen LogP contribution in [0.3, 0.4) is 0 Å². The molecule has 1 atom stereocenters. The van der Waals surface area contributed by atoms with Gasteiger partial charge >= 0.3 is 0 Å². The van der Waals surface area contributed by atoms with Crippen LogP contribution in [0.2, 0.25) is 0 Å². The molecule has 3 nitrogen and oxygen atoms in total. The van der Waals surface area contributed by atoms with Crippen molar-refractivity contribution in [2.75, 3.05) is 0 Å². The van der Waals surface area contributed by atoms with E-state index in [0.717, 1.165) is 58.9 Å². The number of rotatable bonds is 3. The summed E-state index contributed by atoms with van der Waals surface area (Å²) < 4.78 is 45.1. The van der Waals surface area contributed by atoms with Gasteiger partial charge in [-0.15, -0.1) is 0 Å². The quantitative estimate of drug-likeness (QED) is 0.243. The highest BCUT2D eigenvalue weighted by molar-refractivity contribution is 6.14. The van der Waals surface area contributed by atoms with Crippen molar-refractivity contribution in [3.8, 4) is 28.5 Å². The summed E-state index contributed by atoms with van der Waals surface area (Å²) >= 11 is 0. The lowest BCUT2D eigenvalue weighted by atomic mass is 9.88. The molecule has 0 spiro atoms. The molecule has 0 bridgehead atoms. The standard InChI is InChI=1S/C34H31N2O/c1-21-10-14-28-29-15-13-25(20-35)32(34(29)37-33(28)31(21)30-9-5-6-16-36(30)2)24-12-11-23-17-26(19-27(23)18-24)22-7-3-4-8-22/h5-6,9-16,18,22,26H,3-4,7-8,17,19H2,1-2H3/q+1/i17D2,19D2. The van der Waals surface area contributed by atoms with E-state index in [4.69, 9.17) is 9.90 Å². The Balaban J connectivity index is 1.47. The fraction of sp³-hybridized carbons (Fsp3) is 0.294. The highest BCUT2D eigenvalue weighted by Gasteiger charge is 2.31. The van der Waals surface area contributed by atoms with Gasteiger partial charge in [-0.05, 0) is 72.0 Å². The molecule has 2 aromatic heterocycles. The molecule has 0 aliphatic heterocycles. The SMILES string of the molecule is [2H]C1([2H])c2ccc(-c3c(C#N)ccc4c3oc3c(-c5cccc[n+]5C)c(C)ccc34)cc2C([2H])([2H])C1C1CCCC1. The van der Waals surface area contributed by atoms with Crippen molar-refractivity contribution in [2.24, 2.45) is 18.9 Å². The highest BCUT2D eigenvalue weighted by Crippen LogP contribution is 2.44. The topological polar surface area (TPSA) is 40.8 Å². The minimum absolute atomic E-state index is 0.0188. The number of benzene rings is 3. The summed E-state index contributed by atoms with van der Waals surface area (Å²) in [5.41, 5.74) is 6.94. The van der Waals surface area contributed by atoms with Crippen LogP contribution in [0.5, 0.6) is 0 Å². The molecule has 37 heavy (non-hydrogen) atoms. The van der Waals surface area contributed by atoms with Gasteiger partial charge in [-0.3, -0.25) is 0 Å². The third kappa shape index (κ3) is 3.50. The Morgan fingerprint density at radius 1 is 0.892 bits per heavy atom. The van der Waals surface area contributed by atoms with Crippen LogP contribution in [0.25, 0.3) is 44.3 Å². The molecule has 0 radical (unpaired) electrons. The van der Waals surface area contributed by atoms with Gasteiger partial charge in [-0.1, -0.05) is 56.0 Å². The van der Waals surface area contributed by atoms with Crippen LogP contribution < -0.4 is 4.57 Å². The molecule has 3 aromatic carbocycles. The summed E-state index contributed by atoms with van der Waals surface area (Å²) in [4.78, 5) is 0. The van der Waals surface area contributed by atoms with Crippen molar-refractivity contribution in [2.45, 2.75) is 45.4 Å². The summed E-state index contributed by atoms with van der Waals surface area (Å²) in [6.07, 6.45) is 2.21. The summed E-state index contributed by atoms with van der Waals surface area (Å²) in [7, 11) is 2.01. The van der Waals surface area contributed by atoms with Gasteiger partial charge in [-0.2, -0.15) is 5.26 Å². The first-order chi connectivity index (χ1) is 19.6. The highest BCUT2D eigenvalue weighted by atomic mass is 16.3. The molecule has 182 valence electrons. The monoisotopic (exact) mass is 487 g/mol. The third-order valence-electron chi connectivity index (χ3n) is 8.25. The number of fused-ring (bicyclic) bond motifs is 4. The third-order valence-corrected chi connectivity index (χ3v) is 8.25. The van der Waals surface area contributed by atoms with Gasteiger partial charge < -0.3 is 4.42 Å². The van der Waals surface area contributed by atoms with E-state index in [1.165, 1.54) is 0 Å². The second-order valence-corrected chi connectivity index (χ2v) is 10.5. The Morgan fingerprint density at radius 2 is 1.65 bits per heavy atom. The Kier molecular flexibility index (Phi) is 4.27. The van der Waals surface area contributed by atoms with E-state index in [1.54, 1.807) is 18.2 Å². The van der Waals surface area contributed by atoms with E-state index >= 15 is 0 Å². The van der Waals surface area contributed by atoms with Gasteiger partial charge in [0.2, 0.25) is 5.69 Å². The Labute approximate surface area is 223 Å². The number of aryl methyl sites for hydroxylation is 2. The summed E-state index contributed by atoms with van der Waals surface area (Å²) in [6, 6.07) is 21.6. The zero-order valence-corrected chi connectivity index (χ0v) is 21.1. The average Bonchev–Trinajstić information content (AvgIpc) is 3.63. The maximum atomic E-state index is 10.2. The van der Waals surface area contributed by atoms with Crippen molar-refractivity contribution >= 4 is 21.9 Å². The van der Waals surface area contributed by atoms with E-state index < -0.39 is 18.7 Å². The first kappa shape index (κ1) is 18.4. The lowest BCUT2D eigenvalue weighted by Crippen LogP contribution is -2.30. The number of aromatic nitrogens is 1. The molecule has 0 saturated heterocycles. The molecule has 3 heteroatoms. The average molecular weight is 488 g/mol. The van der Waals surface area contributed by atoms with Gasteiger partial charge in [0.05, 0.1) is 17.2 Å². The van der Waals surface area contributed by atoms with Crippen LogP contribution in [-0.4, -0.2) is 0 Å². The van der Waals surface area contributed by atoms with Crippen molar-refractivity contribution in [1.29, 1.82) is 5.26 Å². The molecule has 2 aliphatic carbocycles. The van der Waals surface area contributed by atoms with Crippen LogP contribution >= 0.6 is 0 Å². The van der Waals surface area contributed by atoms with Gasteiger partial charge in [0, 0.05) is 34.0 Å². The van der Waals surface area contributed by atoms with Crippen molar-refractivity contribution in [1.82, 2.24) is 0 Å². The second-order valence-electron chi connectivity index (χ2n) is 10.5. The minimum Gasteiger partial charge on any atom is -0.454 e. The second kappa shape index (κ2) is 8.60. The lowest BCUT2D eigenvalue weighted by molar-refractivity contribution is -0.660. The summed E-state index contributed by atoms with van der Waals surface area (Å²) in [6.45, 7) is 2.06. The molecule has 1 unspecified atom stereocenters. The zero-order chi connectivity index (χ0) is 28.7. The predicted molar refractivity (Wildman–Crippen MR) is 148 cm³/mol. The van der Waals surface area contributed by atoms with Crippen LogP contribution in [-0.2, 0) is 19.8 Å². The maximum Gasteiger partial charge on any atom is 0.216 e. The number of hydrogen-bond donors (Lipinski definition) is 0. The van der Waals surface area contributed by atoms with E-state index in [-0.39, 0.29) is 5.92 Å². The Hall–Kier alpha value is -3.90. The van der Waals surface area contributed by atoms with Crippen LogP contribution in [0.15, 0.2) is 71.3 Å². The van der Waals surface area contributed by atoms with Gasteiger partial charge in [0.1, 0.15) is 18.2 Å². The van der Waals surface area contributed by atoms with E-state index in [2.05, 4.69) is 35.8 Å². The zero-order valence-electron chi connectivity index (χ0n) is 25.1. The van der Waals surface area contributed by atoms with Gasteiger partial charge in [0.25, 0.3) is 0 Å². The minimum atomic E-state index is -1.81. The van der Waals surface area contributed by atoms with E-state index in [0.29, 0.717) is 33.4 Å². The molecular weight excluding hydrogens is 452 g/mol. The molecule has 0 amide bonds. The molecule has 7 rings (SSSR count). The van der Waals surface area contributed by atoms with E-state index in [9.17, 15) is 5.26 Å². The first-order valence-electron chi connectivity index (χ1n) is 15.1. The largest absolute Gasteiger partial charge is 0.454 e. The van der Waals surface area contributed by atoms with Crippen molar-refractivity contribution < 1.29 is 14.5 Å². The Morgan fingerprint density at radius 3 is 2.43 bits per heavy atom. The summed E-state index contributed by atoms with van der Waals surface area (Å²) in [5.74, 6) is -0.706. The normalized spacial score (nSPS) is 21.8. The van der Waals surface area contributed by atoms with Crippen LogP contribution in [0, 0.1) is 30.1 Å². The molecule has 2 aliphatic rings. The number of nitriles is 1. The fourth-order valence-electron chi connectivity index (χ4n) is 6.33. The molecule has 1 saturated carbocycles. The molecule has 1 fully saturated rings. The first-order valence-corrected chi connectivity index (χ1v) is 13.1. The molecular formula is C34H31N2O+. The van der Waals surface area contributed by atoms with Crippen molar-refractivity contribution in [3.05, 3.63) is 89.1 Å². The van der Waals surface area contributed by atoms with Crippen LogP contribution in [0.4, 0.5) is 0 Å². The maximum absolute atomic E-state index is 10.2. The van der Waals surface area contributed by atoms with Crippen LogP contribution in [0.1, 0.15) is 53.4 Å². The van der Waals surface area contributed by atoms with E-state index in [1.807, 2.05) is 37.5 Å². The predicted octanol–water partition coefficient (Wildman–Crippen LogP) is 7.83. The number of nitrogens with zero attached hydrogens (tertiary/aromatic N) is 2. The van der Waals surface area contributed by atoms with Gasteiger partial charge in [0.15, 0.2) is 6.20 Å². The van der Waals surface area contributed by atoms with Gasteiger partial charge in [-0.25, -0.2) is 4.57 Å². The fourth-order valence-corrected chi connectivity index (χ4v) is 6.33. The number of furan rings is 1. The van der Waals surface area contributed by atoms with Crippen molar-refractivity contribution in [3.63, 3.8) is 0 Å². The smallest absolute Gasteiger partial charge is 0.216 e. The molecule has 0 N–H and O–H groups in total. The Bertz CT molecular complexity index is 1910. The number of hydrogen-bond acceptors (Lipinski definition) is 2. The molecule has 2 heterocycles. The molecule has 5 aromatic rings. The lowest BCUT2D eigenvalue weighted by Gasteiger charge is -2.16. The summed E-state index contributed by atoms with van der Waals surface area (Å²) in [5, 5.41) is 12.0. The number of pyridine rings is 1.